The smallest absolute Gasteiger partial charge is 0.256 e. The Kier molecular flexibility index (Phi) is 4.36. The molecule has 2 aliphatic heterocycles. The number of hydrogen-bond acceptors (Lipinski definition) is 4. The Hall–Kier alpha value is -2.47. The quantitative estimate of drug-likeness (QED) is 0.782. The van der Waals surface area contributed by atoms with Gasteiger partial charge in [0.2, 0.25) is 0 Å². The van der Waals surface area contributed by atoms with Gasteiger partial charge in [0.05, 0.1) is 5.75 Å². The van der Waals surface area contributed by atoms with Gasteiger partial charge in [0.15, 0.2) is 5.78 Å². The molecule has 2 aliphatic rings. The molecular weight excluding hydrogens is 348 g/mol. The van der Waals surface area contributed by atoms with Crippen LogP contribution in [0.2, 0.25) is 0 Å². The number of fused-ring (bicyclic) bond motifs is 1. The van der Waals surface area contributed by atoms with E-state index in [1.54, 1.807) is 12.1 Å². The lowest BCUT2D eigenvalue weighted by Crippen LogP contribution is -2.46. The van der Waals surface area contributed by atoms with Crippen LogP contribution in [0.5, 0.6) is 0 Å². The summed E-state index contributed by atoms with van der Waals surface area (Å²) in [5.74, 6) is 0.706. The fourth-order valence-corrected chi connectivity index (χ4v) is 4.72. The maximum absolute atomic E-state index is 12.5. The van der Waals surface area contributed by atoms with Crippen molar-refractivity contribution in [3.05, 3.63) is 71.3 Å². The second kappa shape index (κ2) is 6.68. The van der Waals surface area contributed by atoms with Gasteiger partial charge in [-0.2, -0.15) is 0 Å². The molecule has 0 aromatic heterocycles. The Morgan fingerprint density at radius 1 is 0.962 bits per heavy atom. The molecule has 1 unspecified atom stereocenters. The molecule has 2 heterocycles. The lowest BCUT2D eigenvalue weighted by molar-refractivity contribution is 0.103. The number of nitrogens with zero attached hydrogens (tertiary/aromatic N) is 2. The fourth-order valence-electron chi connectivity index (χ4n) is 3.65. The van der Waals surface area contributed by atoms with Crippen molar-refractivity contribution in [2.24, 2.45) is 4.40 Å². The molecule has 1 saturated heterocycles. The van der Waals surface area contributed by atoms with E-state index < -0.39 is 10.0 Å². The zero-order valence-electron chi connectivity index (χ0n) is 14.3. The van der Waals surface area contributed by atoms with Crippen LogP contribution in [0.25, 0.3) is 0 Å². The summed E-state index contributed by atoms with van der Waals surface area (Å²) >= 11 is 0. The normalized spacial score (nSPS) is 21.6. The van der Waals surface area contributed by atoms with Crippen LogP contribution in [0.1, 0.15) is 40.2 Å². The molecule has 2 aromatic rings. The highest BCUT2D eigenvalue weighted by atomic mass is 32.2. The van der Waals surface area contributed by atoms with Gasteiger partial charge in [-0.25, -0.2) is 8.42 Å². The Bertz CT molecular complexity index is 950. The molecule has 0 spiro atoms. The van der Waals surface area contributed by atoms with E-state index in [1.165, 1.54) is 0 Å². The molecule has 1 fully saturated rings. The zero-order chi connectivity index (χ0) is 18.1. The van der Waals surface area contributed by atoms with Gasteiger partial charge in [-0.15, -0.1) is 4.40 Å². The summed E-state index contributed by atoms with van der Waals surface area (Å²) in [5, 5.41) is 0. The molecule has 6 heteroatoms. The Morgan fingerprint density at radius 2 is 1.65 bits per heavy atom. The molecular formula is C20H20N2O3S. The highest BCUT2D eigenvalue weighted by molar-refractivity contribution is 7.90. The third-order valence-electron chi connectivity index (χ3n) is 5.02. The van der Waals surface area contributed by atoms with Gasteiger partial charge in [-0.3, -0.25) is 4.79 Å². The van der Waals surface area contributed by atoms with Crippen molar-refractivity contribution < 1.29 is 13.2 Å². The zero-order valence-corrected chi connectivity index (χ0v) is 15.2. The average Bonchev–Trinajstić information content (AvgIpc) is 2.67. The Labute approximate surface area is 153 Å². The van der Waals surface area contributed by atoms with Crippen molar-refractivity contribution in [3.63, 3.8) is 0 Å². The summed E-state index contributed by atoms with van der Waals surface area (Å²) in [6.07, 6.45) is 1.88. The summed E-state index contributed by atoms with van der Waals surface area (Å²) in [6, 6.07) is 16.7. The molecule has 2 aromatic carbocycles. The molecule has 0 aliphatic carbocycles. The number of sulfonamides is 1. The first-order valence-electron chi connectivity index (χ1n) is 8.81. The van der Waals surface area contributed by atoms with Gasteiger partial charge in [-0.05, 0) is 18.4 Å². The largest absolute Gasteiger partial charge is 0.358 e. The number of benzene rings is 2. The number of amidine groups is 1. The highest BCUT2D eigenvalue weighted by Crippen LogP contribution is 2.31. The lowest BCUT2D eigenvalue weighted by Gasteiger charge is -2.37. The summed E-state index contributed by atoms with van der Waals surface area (Å²) in [5.41, 5.74) is 2.30. The summed E-state index contributed by atoms with van der Waals surface area (Å²) in [6.45, 7) is 1.37. The average molecular weight is 368 g/mol. The van der Waals surface area contributed by atoms with E-state index in [1.807, 2.05) is 42.5 Å². The predicted octanol–water partition coefficient (Wildman–Crippen LogP) is 2.84. The van der Waals surface area contributed by atoms with Crippen molar-refractivity contribution in [3.8, 4) is 0 Å². The van der Waals surface area contributed by atoms with E-state index in [-0.39, 0.29) is 17.5 Å². The third kappa shape index (κ3) is 3.29. The highest BCUT2D eigenvalue weighted by Gasteiger charge is 2.33. The first kappa shape index (κ1) is 17.0. The van der Waals surface area contributed by atoms with Crippen LogP contribution in [0.15, 0.2) is 59.0 Å². The molecule has 0 saturated carbocycles. The standard InChI is InChI=1S/C20H20N2O3S/c23-19(16-5-2-1-3-6-16)17-10-8-15(9-11-17)18-7-4-12-22-13-14-26(24,25)21-20(18)22/h1-3,5-6,8-11,18H,4,7,12-14H2. The number of hydrogen-bond donors (Lipinski definition) is 0. The number of piperidine rings is 1. The monoisotopic (exact) mass is 368 g/mol. The summed E-state index contributed by atoms with van der Waals surface area (Å²) in [4.78, 5) is 14.6. The van der Waals surface area contributed by atoms with E-state index >= 15 is 0 Å². The van der Waals surface area contributed by atoms with Gasteiger partial charge in [-0.1, -0.05) is 54.6 Å². The maximum Gasteiger partial charge on any atom is 0.256 e. The van der Waals surface area contributed by atoms with Crippen LogP contribution in [0.3, 0.4) is 0 Å². The summed E-state index contributed by atoms with van der Waals surface area (Å²) in [7, 11) is -3.36. The second-order valence-corrected chi connectivity index (χ2v) is 8.49. The minimum Gasteiger partial charge on any atom is -0.358 e. The van der Waals surface area contributed by atoms with E-state index in [0.717, 1.165) is 24.9 Å². The third-order valence-corrected chi connectivity index (χ3v) is 6.18. The Balaban J connectivity index is 1.62. The number of carbonyl (C=O) groups excluding carboxylic acids is 1. The number of rotatable bonds is 3. The topological polar surface area (TPSA) is 66.8 Å². The van der Waals surface area contributed by atoms with Gasteiger partial charge in [0.25, 0.3) is 10.0 Å². The Morgan fingerprint density at radius 3 is 2.38 bits per heavy atom. The van der Waals surface area contributed by atoms with E-state index in [2.05, 4.69) is 9.30 Å². The van der Waals surface area contributed by atoms with Crippen LogP contribution in [0, 0.1) is 0 Å². The van der Waals surface area contributed by atoms with E-state index in [0.29, 0.717) is 23.5 Å². The molecule has 1 atom stereocenters. The molecule has 0 N–H and O–H groups in total. The molecule has 0 bridgehead atoms. The first-order chi connectivity index (χ1) is 12.5. The SMILES string of the molecule is O=C(c1ccccc1)c1ccc(C2CCCN3CCS(=O)(=O)N=C23)cc1. The maximum atomic E-state index is 12.5. The fraction of sp³-hybridized carbons (Fsp3) is 0.300. The van der Waals surface area contributed by atoms with Crippen molar-refractivity contribution in [1.29, 1.82) is 0 Å². The molecule has 0 amide bonds. The van der Waals surface area contributed by atoms with Crippen LogP contribution in [-0.4, -0.2) is 43.8 Å². The van der Waals surface area contributed by atoms with Crippen LogP contribution in [0.4, 0.5) is 0 Å². The van der Waals surface area contributed by atoms with Gasteiger partial charge >= 0.3 is 0 Å². The molecule has 0 radical (unpaired) electrons. The minimum absolute atomic E-state index is 0.0139. The molecule has 5 nitrogen and oxygen atoms in total. The number of ketones is 1. The van der Waals surface area contributed by atoms with Gasteiger partial charge in [0, 0.05) is 30.1 Å². The summed E-state index contributed by atoms with van der Waals surface area (Å²) < 4.78 is 27.9. The molecule has 26 heavy (non-hydrogen) atoms. The van der Waals surface area contributed by atoms with Gasteiger partial charge < -0.3 is 4.90 Å². The van der Waals surface area contributed by atoms with Crippen LogP contribution in [-0.2, 0) is 10.0 Å². The molecule has 134 valence electrons. The lowest BCUT2D eigenvalue weighted by atomic mass is 9.88. The van der Waals surface area contributed by atoms with Crippen molar-refractivity contribution in [2.75, 3.05) is 18.8 Å². The number of carbonyl (C=O) groups is 1. The minimum atomic E-state index is -3.36. The van der Waals surface area contributed by atoms with Crippen LogP contribution < -0.4 is 0 Å². The second-order valence-electron chi connectivity index (χ2n) is 6.73. The first-order valence-corrected chi connectivity index (χ1v) is 10.4. The van der Waals surface area contributed by atoms with Crippen molar-refractivity contribution in [2.45, 2.75) is 18.8 Å². The molecule has 4 rings (SSSR count). The van der Waals surface area contributed by atoms with Crippen molar-refractivity contribution >= 4 is 21.6 Å². The van der Waals surface area contributed by atoms with Crippen LogP contribution >= 0.6 is 0 Å². The van der Waals surface area contributed by atoms with E-state index in [9.17, 15) is 13.2 Å². The van der Waals surface area contributed by atoms with Gasteiger partial charge in [0.1, 0.15) is 5.84 Å². The predicted molar refractivity (Wildman–Crippen MR) is 101 cm³/mol. The van der Waals surface area contributed by atoms with Crippen molar-refractivity contribution in [1.82, 2.24) is 4.90 Å². The van der Waals surface area contributed by atoms with E-state index in [4.69, 9.17) is 0 Å².